The molecule has 0 spiro atoms. The minimum atomic E-state index is -0.426. The molecule has 1 aromatic rings. The maximum atomic E-state index is 12.0. The minimum Gasteiger partial charge on any atom is -0.444 e. The van der Waals surface area contributed by atoms with E-state index in [0.29, 0.717) is 5.92 Å². The van der Waals surface area contributed by atoms with Crippen LogP contribution in [0.2, 0.25) is 0 Å². The van der Waals surface area contributed by atoms with Gasteiger partial charge in [0, 0.05) is 38.6 Å². The fourth-order valence-corrected chi connectivity index (χ4v) is 2.67. The molecule has 6 heteroatoms. The van der Waals surface area contributed by atoms with Crippen LogP contribution in [0.15, 0.2) is 12.4 Å². The van der Waals surface area contributed by atoms with E-state index in [2.05, 4.69) is 21.8 Å². The zero-order valence-corrected chi connectivity index (χ0v) is 14.1. The number of nitrogens with one attached hydrogen (secondary N) is 1. The van der Waals surface area contributed by atoms with E-state index in [9.17, 15) is 4.79 Å². The normalized spacial score (nSPS) is 18.7. The first kappa shape index (κ1) is 16.8. The van der Waals surface area contributed by atoms with Gasteiger partial charge in [-0.05, 0) is 40.0 Å². The third-order valence-electron chi connectivity index (χ3n) is 3.80. The van der Waals surface area contributed by atoms with E-state index in [4.69, 9.17) is 4.74 Å². The molecule has 1 amide bonds. The fourth-order valence-electron chi connectivity index (χ4n) is 2.67. The summed E-state index contributed by atoms with van der Waals surface area (Å²) in [6.45, 7) is 12.0. The zero-order chi connectivity index (χ0) is 16.2. The molecule has 0 saturated carbocycles. The first-order valence-corrected chi connectivity index (χ1v) is 8.07. The van der Waals surface area contributed by atoms with Gasteiger partial charge in [-0.2, -0.15) is 0 Å². The first-order chi connectivity index (χ1) is 10.4. The summed E-state index contributed by atoms with van der Waals surface area (Å²) in [6.07, 6.45) is 4.66. The maximum Gasteiger partial charge on any atom is 0.410 e. The van der Waals surface area contributed by atoms with E-state index >= 15 is 0 Å². The number of likely N-dealkylation sites (tertiary alicyclic amines) is 1. The lowest BCUT2D eigenvalue weighted by Gasteiger charge is -2.24. The van der Waals surface area contributed by atoms with Crippen molar-refractivity contribution in [3.63, 3.8) is 0 Å². The number of carbonyl (C=O) groups is 1. The second kappa shape index (κ2) is 7.13. The number of amides is 1. The van der Waals surface area contributed by atoms with E-state index in [-0.39, 0.29) is 6.09 Å². The van der Waals surface area contributed by atoms with Gasteiger partial charge in [0.25, 0.3) is 0 Å². The average molecular weight is 308 g/mol. The summed E-state index contributed by atoms with van der Waals surface area (Å²) in [5.74, 6) is 1.54. The molecule has 0 radical (unpaired) electrons. The number of hydrogen-bond acceptors (Lipinski definition) is 4. The first-order valence-electron chi connectivity index (χ1n) is 8.07. The van der Waals surface area contributed by atoms with Crippen molar-refractivity contribution >= 4 is 6.09 Å². The summed E-state index contributed by atoms with van der Waals surface area (Å²) in [4.78, 5) is 18.2. The number of nitrogens with zero attached hydrogens (tertiary/aromatic N) is 3. The van der Waals surface area contributed by atoms with E-state index in [1.807, 2.05) is 38.1 Å². The molecule has 1 atom stereocenters. The van der Waals surface area contributed by atoms with Crippen molar-refractivity contribution in [2.24, 2.45) is 5.92 Å². The van der Waals surface area contributed by atoms with Gasteiger partial charge in [0.15, 0.2) is 0 Å². The Bertz CT molecular complexity index is 493. The second-order valence-corrected chi connectivity index (χ2v) is 6.84. The molecular weight excluding hydrogens is 280 g/mol. The minimum absolute atomic E-state index is 0.198. The highest BCUT2D eigenvalue weighted by Gasteiger charge is 2.29. The Kier molecular flexibility index (Phi) is 5.45. The average Bonchev–Trinajstić information content (AvgIpc) is 3.05. The Morgan fingerprint density at radius 1 is 1.50 bits per heavy atom. The summed E-state index contributed by atoms with van der Waals surface area (Å²) in [5, 5.41) is 3.45. The lowest BCUT2D eigenvalue weighted by molar-refractivity contribution is 0.0288. The Hall–Kier alpha value is -1.56. The number of ether oxygens (including phenoxy) is 1. The van der Waals surface area contributed by atoms with Crippen LogP contribution in [0.25, 0.3) is 0 Å². The van der Waals surface area contributed by atoms with Gasteiger partial charge in [-0.25, -0.2) is 9.78 Å². The summed E-state index contributed by atoms with van der Waals surface area (Å²) in [7, 11) is 0. The van der Waals surface area contributed by atoms with Crippen LogP contribution in [0.3, 0.4) is 0 Å². The van der Waals surface area contributed by atoms with E-state index in [0.717, 1.165) is 45.0 Å². The molecule has 0 bridgehead atoms. The highest BCUT2D eigenvalue weighted by Crippen LogP contribution is 2.19. The largest absolute Gasteiger partial charge is 0.444 e. The quantitative estimate of drug-likeness (QED) is 0.906. The van der Waals surface area contributed by atoms with Gasteiger partial charge < -0.3 is 19.5 Å². The van der Waals surface area contributed by atoms with Crippen LogP contribution in [0.4, 0.5) is 4.79 Å². The Morgan fingerprint density at radius 3 is 2.95 bits per heavy atom. The lowest BCUT2D eigenvalue weighted by Crippen LogP contribution is -2.36. The molecule has 1 aromatic heterocycles. The van der Waals surface area contributed by atoms with Gasteiger partial charge in [0.05, 0.1) is 6.54 Å². The number of rotatable bonds is 5. The molecule has 1 aliphatic rings. The lowest BCUT2D eigenvalue weighted by atomic mass is 10.1. The molecular formula is C16H28N4O2. The molecule has 1 saturated heterocycles. The molecule has 1 aliphatic heterocycles. The number of aromatic nitrogens is 2. The number of hydrogen-bond donors (Lipinski definition) is 1. The van der Waals surface area contributed by atoms with Crippen molar-refractivity contribution < 1.29 is 9.53 Å². The zero-order valence-electron chi connectivity index (χ0n) is 14.1. The van der Waals surface area contributed by atoms with Crippen LogP contribution in [0, 0.1) is 5.92 Å². The van der Waals surface area contributed by atoms with E-state index in [1.165, 1.54) is 0 Å². The predicted octanol–water partition coefficient (Wildman–Crippen LogP) is 2.25. The SMILES string of the molecule is CCn1ccnc1CNCC1CCN(C(=O)OC(C)(C)C)C1. The molecule has 1 N–H and O–H groups in total. The molecule has 6 nitrogen and oxygen atoms in total. The smallest absolute Gasteiger partial charge is 0.410 e. The van der Waals surface area contributed by atoms with Crippen molar-refractivity contribution in [2.45, 2.75) is 52.8 Å². The van der Waals surface area contributed by atoms with Crippen LogP contribution < -0.4 is 5.32 Å². The molecule has 2 rings (SSSR count). The van der Waals surface area contributed by atoms with Crippen LogP contribution in [-0.2, 0) is 17.8 Å². The molecule has 1 unspecified atom stereocenters. The summed E-state index contributed by atoms with van der Waals surface area (Å²) in [6, 6.07) is 0. The van der Waals surface area contributed by atoms with Crippen LogP contribution in [0.1, 0.15) is 39.9 Å². The second-order valence-electron chi connectivity index (χ2n) is 6.84. The van der Waals surface area contributed by atoms with Crippen molar-refractivity contribution in [3.8, 4) is 0 Å². The van der Waals surface area contributed by atoms with Crippen LogP contribution in [-0.4, -0.2) is 45.8 Å². The van der Waals surface area contributed by atoms with Crippen molar-refractivity contribution in [3.05, 3.63) is 18.2 Å². The van der Waals surface area contributed by atoms with Gasteiger partial charge in [-0.3, -0.25) is 0 Å². The Morgan fingerprint density at radius 2 is 2.27 bits per heavy atom. The predicted molar refractivity (Wildman–Crippen MR) is 85.5 cm³/mol. The van der Waals surface area contributed by atoms with Gasteiger partial charge in [0.2, 0.25) is 0 Å². The Balaban J connectivity index is 1.71. The maximum absolute atomic E-state index is 12.0. The topological polar surface area (TPSA) is 59.4 Å². The monoisotopic (exact) mass is 308 g/mol. The molecule has 0 aliphatic carbocycles. The number of imidazole rings is 1. The highest BCUT2D eigenvalue weighted by molar-refractivity contribution is 5.68. The molecule has 2 heterocycles. The van der Waals surface area contributed by atoms with Crippen molar-refractivity contribution in [1.29, 1.82) is 0 Å². The highest BCUT2D eigenvalue weighted by atomic mass is 16.6. The van der Waals surface area contributed by atoms with E-state index < -0.39 is 5.60 Å². The van der Waals surface area contributed by atoms with Gasteiger partial charge in [-0.15, -0.1) is 0 Å². The standard InChI is InChI=1S/C16H28N4O2/c1-5-19-9-7-18-14(19)11-17-10-13-6-8-20(12-13)15(21)22-16(2,3)4/h7,9,13,17H,5-6,8,10-12H2,1-4H3. The van der Waals surface area contributed by atoms with Gasteiger partial charge in [0.1, 0.15) is 11.4 Å². The third kappa shape index (κ3) is 4.73. The van der Waals surface area contributed by atoms with Crippen LogP contribution in [0.5, 0.6) is 0 Å². The Labute approximate surface area is 132 Å². The van der Waals surface area contributed by atoms with Gasteiger partial charge >= 0.3 is 6.09 Å². The fraction of sp³-hybridized carbons (Fsp3) is 0.750. The van der Waals surface area contributed by atoms with Crippen molar-refractivity contribution in [1.82, 2.24) is 19.8 Å². The van der Waals surface area contributed by atoms with E-state index in [1.54, 1.807) is 0 Å². The van der Waals surface area contributed by atoms with Crippen LogP contribution >= 0.6 is 0 Å². The summed E-state index contributed by atoms with van der Waals surface area (Å²) < 4.78 is 7.55. The van der Waals surface area contributed by atoms with Gasteiger partial charge in [-0.1, -0.05) is 0 Å². The number of carbonyl (C=O) groups excluding carboxylic acids is 1. The van der Waals surface area contributed by atoms with Crippen molar-refractivity contribution in [2.75, 3.05) is 19.6 Å². The number of aryl methyl sites for hydroxylation is 1. The summed E-state index contributed by atoms with van der Waals surface area (Å²) >= 11 is 0. The molecule has 1 fully saturated rings. The molecule has 124 valence electrons. The molecule has 0 aromatic carbocycles. The third-order valence-corrected chi connectivity index (χ3v) is 3.80. The molecule has 22 heavy (non-hydrogen) atoms. The summed E-state index contributed by atoms with van der Waals surface area (Å²) in [5.41, 5.74) is -0.426.